The van der Waals surface area contributed by atoms with Crippen LogP contribution < -0.4 is 5.32 Å². The molecule has 0 aliphatic rings. The first-order valence-electron chi connectivity index (χ1n) is 8.59. The molecule has 0 radical (unpaired) electrons. The van der Waals surface area contributed by atoms with Crippen LogP contribution in [-0.4, -0.2) is 48.5 Å². The van der Waals surface area contributed by atoms with Gasteiger partial charge in [0.1, 0.15) is 5.15 Å². The van der Waals surface area contributed by atoms with Crippen LogP contribution in [-0.2, 0) is 25.6 Å². The fraction of sp³-hybridized carbons (Fsp3) is 0.316. The quantitative estimate of drug-likeness (QED) is 0.352. The number of aromatic nitrogens is 2. The minimum absolute atomic E-state index is 0.342. The highest BCUT2D eigenvalue weighted by molar-refractivity contribution is 6.35. The second-order valence-electron chi connectivity index (χ2n) is 5.97. The molecule has 0 atom stereocenters. The Labute approximate surface area is 183 Å². The van der Waals surface area contributed by atoms with Crippen LogP contribution in [0.15, 0.2) is 24.3 Å². The number of benzene rings is 1. The molecule has 1 amide bonds. The topological polar surface area (TPSA) is 82.4 Å². The van der Waals surface area contributed by atoms with Crippen LogP contribution in [0.3, 0.4) is 0 Å². The number of hydrogen-bond acceptors (Lipinski definition) is 5. The summed E-state index contributed by atoms with van der Waals surface area (Å²) in [5, 5.41) is 8.31. The Balaban J connectivity index is 1.98. The average Bonchev–Trinajstić information content (AvgIpc) is 2.94. The van der Waals surface area contributed by atoms with Crippen LogP contribution in [0.1, 0.15) is 16.8 Å². The normalized spacial score (nSPS) is 11.1. The van der Waals surface area contributed by atoms with Gasteiger partial charge in [-0.15, -0.1) is 0 Å². The third-order valence-electron chi connectivity index (χ3n) is 3.80. The van der Waals surface area contributed by atoms with Gasteiger partial charge < -0.3 is 14.8 Å². The van der Waals surface area contributed by atoms with Gasteiger partial charge in [-0.3, -0.25) is 4.79 Å². The summed E-state index contributed by atoms with van der Waals surface area (Å²) in [5.74, 6) is -1.08. The van der Waals surface area contributed by atoms with Crippen molar-refractivity contribution in [1.29, 1.82) is 0 Å². The van der Waals surface area contributed by atoms with Crippen molar-refractivity contribution in [3.63, 3.8) is 0 Å². The van der Waals surface area contributed by atoms with E-state index < -0.39 is 11.9 Å². The van der Waals surface area contributed by atoms with E-state index in [-0.39, 0.29) is 6.61 Å². The Morgan fingerprint density at radius 3 is 2.72 bits per heavy atom. The van der Waals surface area contributed by atoms with Crippen LogP contribution in [0.4, 0.5) is 0 Å². The smallest absolute Gasteiger partial charge is 0.331 e. The average molecular weight is 461 g/mol. The first-order chi connectivity index (χ1) is 13.8. The molecule has 0 saturated heterocycles. The van der Waals surface area contributed by atoms with Gasteiger partial charge in [-0.05, 0) is 30.7 Å². The van der Waals surface area contributed by atoms with E-state index in [4.69, 9.17) is 44.3 Å². The van der Waals surface area contributed by atoms with Crippen molar-refractivity contribution in [2.24, 2.45) is 0 Å². The van der Waals surface area contributed by atoms with Crippen molar-refractivity contribution in [1.82, 2.24) is 15.1 Å². The van der Waals surface area contributed by atoms with Gasteiger partial charge in [0.2, 0.25) is 0 Å². The lowest BCUT2D eigenvalue weighted by atomic mass is 10.2. The Morgan fingerprint density at radius 1 is 1.28 bits per heavy atom. The number of rotatable bonds is 9. The summed E-state index contributed by atoms with van der Waals surface area (Å²) >= 11 is 18.5. The lowest BCUT2D eigenvalue weighted by molar-refractivity contribution is -0.143. The number of ether oxygens (including phenoxy) is 2. The maximum Gasteiger partial charge on any atom is 0.331 e. The highest BCUT2D eigenvalue weighted by atomic mass is 35.5. The molecule has 156 valence electrons. The molecular weight excluding hydrogens is 441 g/mol. The third-order valence-corrected chi connectivity index (χ3v) is 4.79. The minimum atomic E-state index is -0.671. The van der Waals surface area contributed by atoms with Crippen molar-refractivity contribution in [2.75, 3.05) is 26.9 Å². The number of nitrogens with zero attached hydrogens (tertiary/aromatic N) is 2. The summed E-state index contributed by atoms with van der Waals surface area (Å²) in [6.45, 7) is 2.45. The van der Waals surface area contributed by atoms with Gasteiger partial charge in [0.05, 0.1) is 18.8 Å². The molecule has 10 heteroatoms. The van der Waals surface area contributed by atoms with Gasteiger partial charge in [-0.2, -0.15) is 5.10 Å². The molecule has 2 aromatic rings. The standard InChI is InChI=1S/C19H20Cl3N3O4/c1-12-15(5-6-18(27)29-11-17(26)23-7-8-28-2)19(22)25(24-12)10-13-3-4-14(20)9-16(13)21/h3-6,9H,7-8,10-11H2,1-2H3,(H,23,26). The number of carbonyl (C=O) groups excluding carboxylic acids is 2. The van der Waals surface area contributed by atoms with E-state index in [1.807, 2.05) is 0 Å². The molecule has 0 saturated carbocycles. The van der Waals surface area contributed by atoms with E-state index in [9.17, 15) is 9.59 Å². The van der Waals surface area contributed by atoms with Gasteiger partial charge >= 0.3 is 5.97 Å². The molecule has 2 rings (SSSR count). The number of esters is 1. The first kappa shape index (κ1) is 23.2. The largest absolute Gasteiger partial charge is 0.452 e. The van der Waals surface area contributed by atoms with Gasteiger partial charge in [-0.25, -0.2) is 9.48 Å². The molecule has 0 spiro atoms. The molecular formula is C19H20Cl3N3O4. The first-order valence-corrected chi connectivity index (χ1v) is 9.72. The van der Waals surface area contributed by atoms with Crippen molar-refractivity contribution in [3.8, 4) is 0 Å². The summed E-state index contributed by atoms with van der Waals surface area (Å²) in [6, 6.07) is 5.17. The van der Waals surface area contributed by atoms with Crippen LogP contribution >= 0.6 is 34.8 Å². The SMILES string of the molecule is COCCNC(=O)COC(=O)C=Cc1c(C)nn(Cc2ccc(Cl)cc2Cl)c1Cl. The lowest BCUT2D eigenvalue weighted by Crippen LogP contribution is -2.31. The zero-order valence-electron chi connectivity index (χ0n) is 15.9. The molecule has 0 aliphatic heterocycles. The molecule has 1 aromatic carbocycles. The monoisotopic (exact) mass is 459 g/mol. The van der Waals surface area contributed by atoms with Gasteiger partial charge in [-0.1, -0.05) is 40.9 Å². The number of halogens is 3. The van der Waals surface area contributed by atoms with Crippen LogP contribution in [0.25, 0.3) is 6.08 Å². The minimum Gasteiger partial charge on any atom is -0.452 e. The summed E-state index contributed by atoms with van der Waals surface area (Å²) in [6.07, 6.45) is 2.69. The second kappa shape index (κ2) is 11.2. The predicted octanol–water partition coefficient (Wildman–Crippen LogP) is 3.52. The van der Waals surface area contributed by atoms with Gasteiger partial charge in [0, 0.05) is 35.3 Å². The highest BCUT2D eigenvalue weighted by Gasteiger charge is 2.13. The number of carbonyl (C=O) groups is 2. The van der Waals surface area contributed by atoms with E-state index in [2.05, 4.69) is 10.4 Å². The summed E-state index contributed by atoms with van der Waals surface area (Å²) in [5.41, 5.74) is 1.99. The van der Waals surface area contributed by atoms with E-state index in [0.29, 0.717) is 46.2 Å². The molecule has 0 unspecified atom stereocenters. The molecule has 0 aliphatic carbocycles. The molecule has 1 N–H and O–H groups in total. The predicted molar refractivity (Wildman–Crippen MR) is 112 cm³/mol. The number of hydrogen-bond donors (Lipinski definition) is 1. The number of aryl methyl sites for hydroxylation is 1. The Hall–Kier alpha value is -2.06. The van der Waals surface area contributed by atoms with Crippen molar-refractivity contribution in [3.05, 3.63) is 56.3 Å². The summed E-state index contributed by atoms with van der Waals surface area (Å²) in [7, 11) is 1.52. The fourth-order valence-electron chi connectivity index (χ4n) is 2.35. The van der Waals surface area contributed by atoms with Gasteiger partial charge in [0.15, 0.2) is 6.61 Å². The zero-order chi connectivity index (χ0) is 21.4. The second-order valence-corrected chi connectivity index (χ2v) is 7.17. The Kier molecular flexibility index (Phi) is 8.98. The van der Waals surface area contributed by atoms with Crippen molar-refractivity contribution >= 4 is 52.8 Å². The molecule has 0 fully saturated rings. The summed E-state index contributed by atoms with van der Waals surface area (Å²) in [4.78, 5) is 23.3. The molecule has 1 aromatic heterocycles. The van der Waals surface area contributed by atoms with E-state index in [1.54, 1.807) is 29.8 Å². The van der Waals surface area contributed by atoms with Crippen molar-refractivity contribution in [2.45, 2.75) is 13.5 Å². The number of methoxy groups -OCH3 is 1. The number of nitrogens with one attached hydrogen (secondary N) is 1. The fourth-order valence-corrected chi connectivity index (χ4v) is 3.12. The van der Waals surface area contributed by atoms with E-state index >= 15 is 0 Å². The van der Waals surface area contributed by atoms with E-state index in [0.717, 1.165) is 5.56 Å². The molecule has 7 nitrogen and oxygen atoms in total. The van der Waals surface area contributed by atoms with Crippen LogP contribution in [0.5, 0.6) is 0 Å². The maximum atomic E-state index is 11.8. The van der Waals surface area contributed by atoms with Crippen LogP contribution in [0, 0.1) is 6.92 Å². The Bertz CT molecular complexity index is 912. The lowest BCUT2D eigenvalue weighted by Gasteiger charge is -2.06. The Morgan fingerprint density at radius 2 is 2.03 bits per heavy atom. The molecule has 1 heterocycles. The zero-order valence-corrected chi connectivity index (χ0v) is 18.1. The van der Waals surface area contributed by atoms with Gasteiger partial charge in [0.25, 0.3) is 5.91 Å². The van der Waals surface area contributed by atoms with E-state index in [1.165, 1.54) is 19.3 Å². The molecule has 0 bridgehead atoms. The number of amides is 1. The van der Waals surface area contributed by atoms with Crippen LogP contribution in [0.2, 0.25) is 15.2 Å². The van der Waals surface area contributed by atoms with Crippen molar-refractivity contribution < 1.29 is 19.1 Å². The maximum absolute atomic E-state index is 11.8. The molecule has 29 heavy (non-hydrogen) atoms. The third kappa shape index (κ3) is 7.04. The summed E-state index contributed by atoms with van der Waals surface area (Å²) < 4.78 is 11.3. The highest BCUT2D eigenvalue weighted by Crippen LogP contribution is 2.26.